The van der Waals surface area contributed by atoms with Gasteiger partial charge in [0, 0.05) is 23.3 Å². The van der Waals surface area contributed by atoms with Gasteiger partial charge in [-0.15, -0.1) is 5.10 Å². The van der Waals surface area contributed by atoms with Crippen molar-refractivity contribution in [1.82, 2.24) is 0 Å². The maximum Gasteiger partial charge on any atom is 0.213 e. The number of fused-ring (bicyclic) bond motifs is 1. The van der Waals surface area contributed by atoms with E-state index in [0.29, 0.717) is 11.3 Å². The van der Waals surface area contributed by atoms with Crippen molar-refractivity contribution < 1.29 is 4.79 Å². The lowest BCUT2D eigenvalue weighted by Crippen LogP contribution is -2.17. The predicted octanol–water partition coefficient (Wildman–Crippen LogP) is 4.90. The Labute approximate surface area is 159 Å². The van der Waals surface area contributed by atoms with E-state index in [1.807, 2.05) is 60.7 Å². The van der Waals surface area contributed by atoms with Crippen molar-refractivity contribution in [3.63, 3.8) is 0 Å². The summed E-state index contributed by atoms with van der Waals surface area (Å²) in [5.41, 5.74) is 5.48. The smallest absolute Gasteiger partial charge is 0.213 e. The molecule has 0 aliphatic heterocycles. The highest BCUT2D eigenvalue weighted by Gasteiger charge is 2.17. The summed E-state index contributed by atoms with van der Waals surface area (Å²) in [5, 5.41) is 8.91. The molecule has 0 fully saturated rings. The van der Waals surface area contributed by atoms with Crippen LogP contribution in [0.15, 0.2) is 95.1 Å². The van der Waals surface area contributed by atoms with Crippen LogP contribution < -0.4 is 0 Å². The Morgan fingerprint density at radius 2 is 1.26 bits per heavy atom. The number of nitrogens with zero attached hydrogens (tertiary/aromatic N) is 2. The van der Waals surface area contributed by atoms with E-state index < -0.39 is 0 Å². The van der Waals surface area contributed by atoms with E-state index in [0.717, 1.165) is 30.5 Å². The van der Waals surface area contributed by atoms with Crippen LogP contribution in [-0.2, 0) is 12.8 Å². The van der Waals surface area contributed by atoms with E-state index in [2.05, 4.69) is 34.5 Å². The zero-order valence-corrected chi connectivity index (χ0v) is 15.0. The highest BCUT2D eigenvalue weighted by Crippen LogP contribution is 2.19. The van der Waals surface area contributed by atoms with Crippen molar-refractivity contribution in [2.24, 2.45) is 10.2 Å². The average molecular weight is 352 g/mol. The molecule has 0 atom stereocenters. The fourth-order valence-corrected chi connectivity index (χ4v) is 3.32. The average Bonchev–Trinajstić information content (AvgIpc) is 2.75. The van der Waals surface area contributed by atoms with Gasteiger partial charge in [0.2, 0.25) is 5.78 Å². The van der Waals surface area contributed by atoms with Gasteiger partial charge in [-0.1, -0.05) is 84.9 Å². The second-order valence-corrected chi connectivity index (χ2v) is 6.62. The highest BCUT2D eigenvalue weighted by molar-refractivity contribution is 6.51. The van der Waals surface area contributed by atoms with Gasteiger partial charge in [0.05, 0.1) is 0 Å². The molecule has 132 valence electrons. The minimum Gasteiger partial charge on any atom is -0.287 e. The molecule has 0 aromatic heterocycles. The van der Waals surface area contributed by atoms with E-state index in [4.69, 9.17) is 0 Å². The third-order valence-corrected chi connectivity index (χ3v) is 4.79. The zero-order chi connectivity index (χ0) is 18.5. The number of rotatable bonds is 4. The summed E-state index contributed by atoms with van der Waals surface area (Å²) < 4.78 is 0. The van der Waals surface area contributed by atoms with E-state index >= 15 is 0 Å². The molecule has 1 aliphatic rings. The molecule has 0 radical (unpaired) electrons. The number of ketones is 1. The SMILES string of the molecule is O=C(C(=NN=C1CCc2ccccc2C1)c1ccccc1)c1ccccc1. The van der Waals surface area contributed by atoms with Crippen LogP contribution in [0.25, 0.3) is 0 Å². The molecule has 0 saturated heterocycles. The van der Waals surface area contributed by atoms with Gasteiger partial charge in [0.25, 0.3) is 0 Å². The molecule has 3 nitrogen and oxygen atoms in total. The fourth-order valence-electron chi connectivity index (χ4n) is 3.32. The van der Waals surface area contributed by atoms with Gasteiger partial charge < -0.3 is 0 Å². The number of benzene rings is 3. The summed E-state index contributed by atoms with van der Waals surface area (Å²) >= 11 is 0. The van der Waals surface area contributed by atoms with Crippen LogP contribution in [0.5, 0.6) is 0 Å². The van der Waals surface area contributed by atoms with Gasteiger partial charge in [-0.25, -0.2) is 0 Å². The second-order valence-electron chi connectivity index (χ2n) is 6.62. The summed E-state index contributed by atoms with van der Waals surface area (Å²) in [6, 6.07) is 27.2. The first-order valence-corrected chi connectivity index (χ1v) is 9.16. The van der Waals surface area contributed by atoms with Crippen LogP contribution in [0, 0.1) is 0 Å². The Kier molecular flexibility index (Phi) is 5.01. The lowest BCUT2D eigenvalue weighted by Gasteiger charge is -2.16. The van der Waals surface area contributed by atoms with Crippen LogP contribution in [0.3, 0.4) is 0 Å². The van der Waals surface area contributed by atoms with Gasteiger partial charge in [0.1, 0.15) is 5.71 Å². The van der Waals surface area contributed by atoms with Crippen molar-refractivity contribution in [3.8, 4) is 0 Å². The largest absolute Gasteiger partial charge is 0.287 e. The van der Waals surface area contributed by atoms with Gasteiger partial charge in [-0.05, 0) is 24.0 Å². The number of Topliss-reactive ketones (excluding diaryl/α,β-unsaturated/α-hetero) is 1. The molecule has 0 amide bonds. The first-order chi connectivity index (χ1) is 13.3. The second kappa shape index (κ2) is 7.92. The molecule has 3 heteroatoms. The highest BCUT2D eigenvalue weighted by atomic mass is 16.1. The quantitative estimate of drug-likeness (QED) is 0.374. The first kappa shape index (κ1) is 17.1. The summed E-state index contributed by atoms with van der Waals surface area (Å²) in [5.74, 6) is -0.109. The van der Waals surface area contributed by atoms with Crippen molar-refractivity contribution in [3.05, 3.63) is 107 Å². The first-order valence-electron chi connectivity index (χ1n) is 9.16. The third-order valence-electron chi connectivity index (χ3n) is 4.79. The Bertz CT molecular complexity index is 1000. The van der Waals surface area contributed by atoms with Crippen LogP contribution in [-0.4, -0.2) is 17.2 Å². The number of hydrogen-bond acceptors (Lipinski definition) is 3. The normalized spacial score (nSPS) is 15.4. The van der Waals surface area contributed by atoms with Crippen molar-refractivity contribution in [2.75, 3.05) is 0 Å². The molecule has 0 bridgehead atoms. The summed E-state index contributed by atoms with van der Waals surface area (Å²) in [6.45, 7) is 0. The topological polar surface area (TPSA) is 41.8 Å². The predicted molar refractivity (Wildman–Crippen MR) is 110 cm³/mol. The number of hydrogen-bond donors (Lipinski definition) is 0. The van der Waals surface area contributed by atoms with E-state index in [1.54, 1.807) is 0 Å². The number of carbonyl (C=O) groups is 1. The third kappa shape index (κ3) is 3.93. The molecular weight excluding hydrogens is 332 g/mol. The van der Waals surface area contributed by atoms with E-state index in [-0.39, 0.29) is 5.78 Å². The summed E-state index contributed by atoms with van der Waals surface area (Å²) in [6.07, 6.45) is 2.64. The van der Waals surface area contributed by atoms with E-state index in [1.165, 1.54) is 11.1 Å². The molecule has 27 heavy (non-hydrogen) atoms. The molecule has 0 N–H and O–H groups in total. The van der Waals surface area contributed by atoms with Crippen LogP contribution in [0.1, 0.15) is 33.5 Å². The summed E-state index contributed by atoms with van der Waals surface area (Å²) in [7, 11) is 0. The fraction of sp³-hybridized carbons (Fsp3) is 0.125. The maximum absolute atomic E-state index is 13.0. The van der Waals surface area contributed by atoms with Gasteiger partial charge in [-0.2, -0.15) is 5.10 Å². The Morgan fingerprint density at radius 3 is 1.96 bits per heavy atom. The number of aryl methyl sites for hydroxylation is 1. The zero-order valence-electron chi connectivity index (χ0n) is 15.0. The number of carbonyl (C=O) groups excluding carboxylic acids is 1. The summed E-state index contributed by atoms with van der Waals surface area (Å²) in [4.78, 5) is 13.0. The molecule has 3 aromatic carbocycles. The molecule has 0 spiro atoms. The Balaban J connectivity index is 1.68. The maximum atomic E-state index is 13.0. The molecule has 0 unspecified atom stereocenters. The minimum absolute atomic E-state index is 0.109. The van der Waals surface area contributed by atoms with Crippen LogP contribution >= 0.6 is 0 Å². The molecule has 0 saturated carbocycles. The van der Waals surface area contributed by atoms with Crippen molar-refractivity contribution in [1.29, 1.82) is 0 Å². The molecule has 4 rings (SSSR count). The Morgan fingerprint density at radius 1 is 0.667 bits per heavy atom. The Hall–Kier alpha value is -3.33. The van der Waals surface area contributed by atoms with Gasteiger partial charge >= 0.3 is 0 Å². The van der Waals surface area contributed by atoms with Crippen molar-refractivity contribution >= 4 is 17.2 Å². The lowest BCUT2D eigenvalue weighted by molar-refractivity contribution is 0.106. The molecule has 1 aliphatic carbocycles. The van der Waals surface area contributed by atoms with Crippen LogP contribution in [0.2, 0.25) is 0 Å². The molecule has 3 aromatic rings. The molecular formula is C24H20N2O. The van der Waals surface area contributed by atoms with Gasteiger partial charge in [-0.3, -0.25) is 4.79 Å². The van der Waals surface area contributed by atoms with E-state index in [9.17, 15) is 4.79 Å². The minimum atomic E-state index is -0.109. The monoisotopic (exact) mass is 352 g/mol. The molecule has 0 heterocycles. The van der Waals surface area contributed by atoms with Gasteiger partial charge in [0.15, 0.2) is 0 Å². The van der Waals surface area contributed by atoms with Crippen LogP contribution in [0.4, 0.5) is 0 Å². The van der Waals surface area contributed by atoms with Crippen molar-refractivity contribution in [2.45, 2.75) is 19.3 Å². The standard InChI is InChI=1S/C24H20N2O/c27-24(20-12-5-2-6-13-20)23(19-10-3-1-4-11-19)26-25-22-16-15-18-9-7-8-14-21(18)17-22/h1-14H,15-17H2. The lowest BCUT2D eigenvalue weighted by atomic mass is 9.90.